The molecule has 1 aromatic carbocycles. The second kappa shape index (κ2) is 6.88. The van der Waals surface area contributed by atoms with Crippen LogP contribution >= 0.6 is 0 Å². The molecule has 1 amide bonds. The molecule has 16 heavy (non-hydrogen) atoms. The lowest BCUT2D eigenvalue weighted by Crippen LogP contribution is -2.31. The third kappa shape index (κ3) is 3.93. The van der Waals surface area contributed by atoms with Gasteiger partial charge in [0, 0.05) is 13.1 Å². The maximum absolute atomic E-state index is 11.6. The fraction of sp³-hybridized carbons (Fsp3) is 0.462. The highest BCUT2D eigenvalue weighted by Gasteiger charge is 2.13. The Balaban J connectivity index is 2.60. The Morgan fingerprint density at radius 1 is 1.25 bits per heavy atom. The van der Waals surface area contributed by atoms with Crippen LogP contribution in [0.4, 0.5) is 4.79 Å². The summed E-state index contributed by atoms with van der Waals surface area (Å²) >= 11 is 0. The van der Waals surface area contributed by atoms with Gasteiger partial charge in [0.2, 0.25) is 0 Å². The van der Waals surface area contributed by atoms with Crippen LogP contribution in [0.5, 0.6) is 0 Å². The first-order valence-electron chi connectivity index (χ1n) is 5.73. The first kappa shape index (κ1) is 12.6. The van der Waals surface area contributed by atoms with E-state index >= 15 is 0 Å². The number of carbonyl (C=O) groups excluding carboxylic acids is 1. The highest BCUT2D eigenvalue weighted by molar-refractivity contribution is 5.67. The van der Waals surface area contributed by atoms with E-state index in [1.807, 2.05) is 37.3 Å². The van der Waals surface area contributed by atoms with Crippen molar-refractivity contribution >= 4 is 6.09 Å². The summed E-state index contributed by atoms with van der Waals surface area (Å²) in [4.78, 5) is 13.4. The maximum Gasteiger partial charge on any atom is 0.410 e. The summed E-state index contributed by atoms with van der Waals surface area (Å²) in [5, 5.41) is 0. The van der Waals surface area contributed by atoms with Gasteiger partial charge in [0.25, 0.3) is 0 Å². The molecule has 0 unspecified atom stereocenters. The van der Waals surface area contributed by atoms with E-state index in [2.05, 4.69) is 6.92 Å². The molecule has 0 fully saturated rings. The van der Waals surface area contributed by atoms with Crippen LogP contribution in [0, 0.1) is 0 Å². The normalized spacial score (nSPS) is 9.88. The van der Waals surface area contributed by atoms with Crippen molar-refractivity contribution in [1.29, 1.82) is 0 Å². The smallest absolute Gasteiger partial charge is 0.410 e. The number of hydrogen-bond donors (Lipinski definition) is 0. The zero-order valence-corrected chi connectivity index (χ0v) is 9.98. The van der Waals surface area contributed by atoms with Crippen LogP contribution in [0.2, 0.25) is 0 Å². The lowest BCUT2D eigenvalue weighted by atomic mass is 10.2. The zero-order chi connectivity index (χ0) is 11.8. The van der Waals surface area contributed by atoms with Gasteiger partial charge in [0.15, 0.2) is 0 Å². The van der Waals surface area contributed by atoms with Crippen molar-refractivity contribution in [3.63, 3.8) is 0 Å². The number of nitrogens with zero attached hydrogens (tertiary/aromatic N) is 1. The van der Waals surface area contributed by atoms with E-state index in [0.717, 1.165) is 18.5 Å². The standard InChI is InChI=1S/C13H19NO2/c1-3-10-14(13(15)16-4-2)11-12-8-6-5-7-9-12/h5-9H,3-4,10-11H2,1-2H3. The molecule has 0 aliphatic heterocycles. The molecule has 0 saturated heterocycles. The minimum Gasteiger partial charge on any atom is -0.450 e. The van der Waals surface area contributed by atoms with E-state index in [-0.39, 0.29) is 6.09 Å². The van der Waals surface area contributed by atoms with Crippen molar-refractivity contribution in [2.75, 3.05) is 13.2 Å². The topological polar surface area (TPSA) is 29.5 Å². The van der Waals surface area contributed by atoms with E-state index in [1.54, 1.807) is 4.90 Å². The number of benzene rings is 1. The highest BCUT2D eigenvalue weighted by Crippen LogP contribution is 2.06. The van der Waals surface area contributed by atoms with Gasteiger partial charge in [0.1, 0.15) is 0 Å². The minimum absolute atomic E-state index is 0.229. The second-order valence-corrected chi connectivity index (χ2v) is 3.61. The number of ether oxygens (including phenoxy) is 1. The Morgan fingerprint density at radius 3 is 2.50 bits per heavy atom. The van der Waals surface area contributed by atoms with Crippen LogP contribution in [0.15, 0.2) is 30.3 Å². The summed E-state index contributed by atoms with van der Waals surface area (Å²) in [7, 11) is 0. The molecule has 0 radical (unpaired) electrons. The molecule has 88 valence electrons. The van der Waals surface area contributed by atoms with E-state index in [4.69, 9.17) is 4.74 Å². The lowest BCUT2D eigenvalue weighted by molar-refractivity contribution is 0.104. The summed E-state index contributed by atoms with van der Waals surface area (Å²) in [6.07, 6.45) is 0.708. The predicted octanol–water partition coefficient (Wildman–Crippen LogP) is 3.06. The molecule has 0 N–H and O–H groups in total. The van der Waals surface area contributed by atoms with Crippen LogP contribution in [-0.2, 0) is 11.3 Å². The first-order chi connectivity index (χ1) is 7.77. The molecular weight excluding hydrogens is 202 g/mol. The Kier molecular flexibility index (Phi) is 5.40. The molecule has 1 rings (SSSR count). The van der Waals surface area contributed by atoms with Gasteiger partial charge in [0.05, 0.1) is 6.61 Å². The van der Waals surface area contributed by atoms with Gasteiger partial charge in [-0.15, -0.1) is 0 Å². The summed E-state index contributed by atoms with van der Waals surface area (Å²) in [6, 6.07) is 9.96. The van der Waals surface area contributed by atoms with Crippen molar-refractivity contribution in [1.82, 2.24) is 4.90 Å². The van der Waals surface area contributed by atoms with Gasteiger partial charge < -0.3 is 9.64 Å². The molecule has 3 nitrogen and oxygen atoms in total. The lowest BCUT2D eigenvalue weighted by Gasteiger charge is -2.21. The van der Waals surface area contributed by atoms with Crippen LogP contribution in [0.25, 0.3) is 0 Å². The van der Waals surface area contributed by atoms with Crippen molar-refractivity contribution in [2.24, 2.45) is 0 Å². The molecule has 0 aromatic heterocycles. The molecule has 0 spiro atoms. The van der Waals surface area contributed by atoms with E-state index in [9.17, 15) is 4.79 Å². The molecule has 0 aliphatic carbocycles. The van der Waals surface area contributed by atoms with Crippen molar-refractivity contribution in [3.05, 3.63) is 35.9 Å². The quantitative estimate of drug-likeness (QED) is 0.764. The van der Waals surface area contributed by atoms with E-state index in [1.165, 1.54) is 0 Å². The van der Waals surface area contributed by atoms with Gasteiger partial charge in [-0.1, -0.05) is 37.3 Å². The molecule has 3 heteroatoms. The number of rotatable bonds is 5. The third-order valence-electron chi connectivity index (χ3n) is 2.24. The molecule has 0 saturated carbocycles. The molecular formula is C13H19NO2. The third-order valence-corrected chi connectivity index (χ3v) is 2.24. The van der Waals surface area contributed by atoms with Crippen molar-refractivity contribution in [3.8, 4) is 0 Å². The first-order valence-corrected chi connectivity index (χ1v) is 5.73. The van der Waals surface area contributed by atoms with Gasteiger partial charge in [-0.05, 0) is 18.9 Å². The fourth-order valence-electron chi connectivity index (χ4n) is 1.52. The molecule has 0 heterocycles. The zero-order valence-electron chi connectivity index (χ0n) is 9.98. The van der Waals surface area contributed by atoms with Crippen molar-refractivity contribution in [2.45, 2.75) is 26.8 Å². The van der Waals surface area contributed by atoms with E-state index < -0.39 is 0 Å². The van der Waals surface area contributed by atoms with Gasteiger partial charge >= 0.3 is 6.09 Å². The van der Waals surface area contributed by atoms with Crippen LogP contribution in [-0.4, -0.2) is 24.1 Å². The summed E-state index contributed by atoms with van der Waals surface area (Å²) in [5.41, 5.74) is 1.13. The Hall–Kier alpha value is -1.51. The Bertz CT molecular complexity index is 311. The maximum atomic E-state index is 11.6. The molecule has 0 atom stereocenters. The summed E-state index contributed by atoms with van der Waals surface area (Å²) in [6.45, 7) is 5.65. The van der Waals surface area contributed by atoms with Crippen molar-refractivity contribution < 1.29 is 9.53 Å². The predicted molar refractivity (Wildman–Crippen MR) is 64.2 cm³/mol. The highest BCUT2D eigenvalue weighted by atomic mass is 16.6. The number of carbonyl (C=O) groups is 1. The molecule has 0 bridgehead atoms. The molecule has 1 aromatic rings. The monoisotopic (exact) mass is 221 g/mol. The number of hydrogen-bond acceptors (Lipinski definition) is 2. The largest absolute Gasteiger partial charge is 0.450 e. The van der Waals surface area contributed by atoms with E-state index in [0.29, 0.717) is 13.2 Å². The van der Waals surface area contributed by atoms with Crippen LogP contribution < -0.4 is 0 Å². The van der Waals surface area contributed by atoms with Gasteiger partial charge in [-0.25, -0.2) is 4.79 Å². The molecule has 0 aliphatic rings. The number of amides is 1. The Labute approximate surface area is 97.0 Å². The average Bonchev–Trinajstić information content (AvgIpc) is 2.30. The fourth-order valence-corrected chi connectivity index (χ4v) is 1.52. The summed E-state index contributed by atoms with van der Waals surface area (Å²) in [5.74, 6) is 0. The van der Waals surface area contributed by atoms with Crippen LogP contribution in [0.1, 0.15) is 25.8 Å². The van der Waals surface area contributed by atoms with Gasteiger partial charge in [-0.2, -0.15) is 0 Å². The second-order valence-electron chi connectivity index (χ2n) is 3.61. The summed E-state index contributed by atoms with van der Waals surface area (Å²) < 4.78 is 5.02. The van der Waals surface area contributed by atoms with Gasteiger partial charge in [-0.3, -0.25) is 0 Å². The average molecular weight is 221 g/mol. The SMILES string of the molecule is CCCN(Cc1ccccc1)C(=O)OCC. The van der Waals surface area contributed by atoms with Crippen LogP contribution in [0.3, 0.4) is 0 Å². The Morgan fingerprint density at radius 2 is 1.94 bits per heavy atom. The minimum atomic E-state index is -0.229.